The molecule has 4 heterocycles. The van der Waals surface area contributed by atoms with Gasteiger partial charge >= 0.3 is 0 Å². The Morgan fingerprint density at radius 1 is 1.42 bits per heavy atom. The maximum Gasteiger partial charge on any atom is 0.281 e. The second-order valence-corrected chi connectivity index (χ2v) is 7.18. The van der Waals surface area contributed by atoms with E-state index in [1.165, 1.54) is 12.3 Å². The standard InChI is InChI=1S/C18H19FN4O3/c1-9-7-25-17-15-11(12-8-26-21-14(12)18(24)23(9)15)4-13(19)16(17)22-3-2-10(5-20)6-22/h4,8-10H,2-3,5-7,20H2,1H3/t9-,10?/m0/s1. The van der Waals surface area contributed by atoms with Gasteiger partial charge in [0.2, 0.25) is 0 Å². The molecule has 2 aromatic heterocycles. The summed E-state index contributed by atoms with van der Waals surface area (Å²) in [7, 11) is 0. The van der Waals surface area contributed by atoms with Crippen molar-refractivity contribution >= 4 is 27.5 Å². The molecule has 0 amide bonds. The number of pyridine rings is 1. The number of hydrogen-bond donors (Lipinski definition) is 1. The lowest BCUT2D eigenvalue weighted by Gasteiger charge is -2.30. The summed E-state index contributed by atoms with van der Waals surface area (Å²) in [5, 5.41) is 4.91. The van der Waals surface area contributed by atoms with Gasteiger partial charge in [-0.2, -0.15) is 0 Å². The summed E-state index contributed by atoms with van der Waals surface area (Å²) in [5.41, 5.74) is 6.79. The van der Waals surface area contributed by atoms with Crippen LogP contribution in [0.15, 0.2) is 21.6 Å². The van der Waals surface area contributed by atoms with E-state index in [9.17, 15) is 4.79 Å². The lowest BCUT2D eigenvalue weighted by Crippen LogP contribution is -2.32. The van der Waals surface area contributed by atoms with Crippen LogP contribution >= 0.6 is 0 Å². The Kier molecular flexibility index (Phi) is 3.27. The van der Waals surface area contributed by atoms with Crippen LogP contribution in [0.5, 0.6) is 5.75 Å². The van der Waals surface area contributed by atoms with Gasteiger partial charge in [-0.1, -0.05) is 5.16 Å². The molecule has 2 aliphatic heterocycles. The highest BCUT2D eigenvalue weighted by molar-refractivity contribution is 6.08. The molecule has 1 fully saturated rings. The molecule has 0 spiro atoms. The maximum atomic E-state index is 15.1. The fraction of sp³-hybridized carbons (Fsp3) is 0.444. The topological polar surface area (TPSA) is 86.5 Å². The first-order valence-corrected chi connectivity index (χ1v) is 8.82. The molecule has 2 atom stereocenters. The molecule has 8 heteroatoms. The van der Waals surface area contributed by atoms with E-state index in [1.54, 1.807) is 4.57 Å². The van der Waals surface area contributed by atoms with Crippen LogP contribution in [0.1, 0.15) is 19.4 Å². The zero-order valence-electron chi connectivity index (χ0n) is 14.4. The van der Waals surface area contributed by atoms with Gasteiger partial charge in [-0.15, -0.1) is 0 Å². The summed E-state index contributed by atoms with van der Waals surface area (Å²) in [6.45, 7) is 4.18. The molecule has 26 heavy (non-hydrogen) atoms. The van der Waals surface area contributed by atoms with E-state index in [4.69, 9.17) is 15.0 Å². The van der Waals surface area contributed by atoms with Crippen molar-refractivity contribution in [1.82, 2.24) is 9.72 Å². The Morgan fingerprint density at radius 3 is 3.04 bits per heavy atom. The average molecular weight is 358 g/mol. The zero-order valence-corrected chi connectivity index (χ0v) is 14.4. The molecular formula is C18H19FN4O3. The van der Waals surface area contributed by atoms with Crippen LogP contribution in [0.25, 0.3) is 21.8 Å². The lowest BCUT2D eigenvalue weighted by atomic mass is 10.1. The van der Waals surface area contributed by atoms with Gasteiger partial charge in [0.1, 0.15) is 18.6 Å². The van der Waals surface area contributed by atoms with E-state index in [-0.39, 0.29) is 22.9 Å². The first-order chi connectivity index (χ1) is 12.6. The number of fused-ring (bicyclic) bond motifs is 2. The van der Waals surface area contributed by atoms with Gasteiger partial charge in [0, 0.05) is 18.5 Å². The summed E-state index contributed by atoms with van der Waals surface area (Å²) >= 11 is 0. The van der Waals surface area contributed by atoms with Crippen molar-refractivity contribution in [3.05, 3.63) is 28.5 Å². The van der Waals surface area contributed by atoms with E-state index < -0.39 is 0 Å². The average Bonchev–Trinajstić information content (AvgIpc) is 3.29. The number of nitrogens with two attached hydrogens (primary N) is 1. The van der Waals surface area contributed by atoms with Crippen LogP contribution in [-0.2, 0) is 0 Å². The minimum absolute atomic E-state index is 0.174. The Hall–Kier alpha value is -2.61. The summed E-state index contributed by atoms with van der Waals surface area (Å²) in [6.07, 6.45) is 2.31. The number of halogens is 1. The molecule has 0 radical (unpaired) electrons. The lowest BCUT2D eigenvalue weighted by molar-refractivity contribution is 0.244. The molecule has 2 N–H and O–H groups in total. The van der Waals surface area contributed by atoms with Crippen molar-refractivity contribution in [2.24, 2.45) is 11.7 Å². The molecule has 0 saturated carbocycles. The van der Waals surface area contributed by atoms with Crippen LogP contribution in [0, 0.1) is 11.7 Å². The van der Waals surface area contributed by atoms with E-state index >= 15 is 4.39 Å². The molecule has 7 nitrogen and oxygen atoms in total. The van der Waals surface area contributed by atoms with Crippen molar-refractivity contribution < 1.29 is 13.7 Å². The number of aromatic nitrogens is 2. The monoisotopic (exact) mass is 358 g/mol. The predicted octanol–water partition coefficient (Wildman–Crippen LogP) is 2.02. The molecule has 0 bridgehead atoms. The number of rotatable bonds is 2. The van der Waals surface area contributed by atoms with Gasteiger partial charge in [-0.05, 0) is 31.9 Å². The van der Waals surface area contributed by atoms with Crippen molar-refractivity contribution in [1.29, 1.82) is 0 Å². The summed E-state index contributed by atoms with van der Waals surface area (Å²) in [5.74, 6) is 0.394. The molecule has 1 unspecified atom stereocenters. The SMILES string of the molecule is C[C@H]1COc2c(N3CCC(CN)C3)c(F)cc3c4conc4c(=O)n1c23. The molecule has 5 rings (SSSR count). The minimum Gasteiger partial charge on any atom is -0.487 e. The molecule has 3 aromatic rings. The fourth-order valence-electron chi connectivity index (χ4n) is 4.21. The van der Waals surface area contributed by atoms with Gasteiger partial charge in [-0.3, -0.25) is 9.36 Å². The highest BCUT2D eigenvalue weighted by Crippen LogP contribution is 2.44. The first kappa shape index (κ1) is 15.6. The number of nitrogens with zero attached hydrogens (tertiary/aromatic N) is 3. The van der Waals surface area contributed by atoms with Crippen molar-refractivity contribution in [3.8, 4) is 5.75 Å². The van der Waals surface area contributed by atoms with E-state index in [1.807, 2.05) is 11.8 Å². The second kappa shape index (κ2) is 5.44. The second-order valence-electron chi connectivity index (χ2n) is 7.18. The van der Waals surface area contributed by atoms with Crippen LogP contribution in [0.3, 0.4) is 0 Å². The highest BCUT2D eigenvalue weighted by atomic mass is 19.1. The molecule has 136 valence electrons. The smallest absolute Gasteiger partial charge is 0.281 e. The van der Waals surface area contributed by atoms with E-state index in [0.717, 1.165) is 13.0 Å². The van der Waals surface area contributed by atoms with Crippen molar-refractivity contribution in [2.45, 2.75) is 19.4 Å². The third kappa shape index (κ3) is 1.96. The third-order valence-electron chi connectivity index (χ3n) is 5.55. The number of anilines is 1. The largest absolute Gasteiger partial charge is 0.487 e. The summed E-state index contributed by atoms with van der Waals surface area (Å²) in [4.78, 5) is 14.9. The van der Waals surface area contributed by atoms with Crippen LogP contribution in [0.4, 0.5) is 10.1 Å². The summed E-state index contributed by atoms with van der Waals surface area (Å²) in [6, 6.07) is 1.29. The van der Waals surface area contributed by atoms with Gasteiger partial charge in [0.05, 0.1) is 16.9 Å². The van der Waals surface area contributed by atoms with Crippen molar-refractivity contribution in [2.75, 3.05) is 31.1 Å². The molecule has 1 saturated heterocycles. The molecular weight excluding hydrogens is 339 g/mol. The molecule has 0 aliphatic carbocycles. The normalized spacial score (nSPS) is 22.3. The first-order valence-electron chi connectivity index (χ1n) is 8.82. The third-order valence-corrected chi connectivity index (χ3v) is 5.55. The van der Waals surface area contributed by atoms with Gasteiger partial charge in [0.15, 0.2) is 17.1 Å². The summed E-state index contributed by atoms with van der Waals surface area (Å²) < 4.78 is 27.8. The predicted molar refractivity (Wildman–Crippen MR) is 95.3 cm³/mol. The van der Waals surface area contributed by atoms with E-state index in [2.05, 4.69) is 5.16 Å². The van der Waals surface area contributed by atoms with E-state index in [0.29, 0.717) is 53.3 Å². The Balaban J connectivity index is 1.86. The van der Waals surface area contributed by atoms with Gasteiger partial charge < -0.3 is 19.9 Å². The Labute approximate surface area is 148 Å². The number of ether oxygens (including phenoxy) is 1. The Bertz CT molecular complexity index is 1090. The molecule has 2 aliphatic rings. The zero-order chi connectivity index (χ0) is 18.0. The number of benzene rings is 1. The van der Waals surface area contributed by atoms with Crippen LogP contribution < -0.4 is 20.9 Å². The van der Waals surface area contributed by atoms with Gasteiger partial charge in [0.25, 0.3) is 5.56 Å². The maximum absolute atomic E-state index is 15.1. The van der Waals surface area contributed by atoms with Crippen LogP contribution in [0.2, 0.25) is 0 Å². The van der Waals surface area contributed by atoms with Crippen LogP contribution in [-0.4, -0.2) is 36.0 Å². The quantitative estimate of drug-likeness (QED) is 0.754. The fourth-order valence-corrected chi connectivity index (χ4v) is 4.21. The molecule has 1 aromatic carbocycles. The van der Waals surface area contributed by atoms with Gasteiger partial charge in [-0.25, -0.2) is 4.39 Å². The number of hydrogen-bond acceptors (Lipinski definition) is 6. The van der Waals surface area contributed by atoms with Crippen molar-refractivity contribution in [3.63, 3.8) is 0 Å². The Morgan fingerprint density at radius 2 is 2.27 bits per heavy atom. The highest BCUT2D eigenvalue weighted by Gasteiger charge is 2.33. The minimum atomic E-state index is -0.368.